The Morgan fingerprint density at radius 3 is 2.88 bits per heavy atom. The highest BCUT2D eigenvalue weighted by Crippen LogP contribution is 2.34. The molecule has 3 nitrogen and oxygen atoms in total. The molecule has 0 aliphatic heterocycles. The third kappa shape index (κ3) is 4.97. The Hall–Kier alpha value is -0.0700. The first-order valence-electron chi connectivity index (χ1n) is 5.63. The first kappa shape index (κ1) is 15.0. The second-order valence-corrected chi connectivity index (χ2v) is 5.44. The van der Waals surface area contributed by atoms with Crippen molar-refractivity contribution in [3.05, 3.63) is 17.0 Å². The molecule has 0 amide bonds. The van der Waals surface area contributed by atoms with Crippen molar-refractivity contribution in [3.8, 4) is 0 Å². The molecule has 0 bridgehead atoms. The molecule has 1 aromatic heterocycles. The van der Waals surface area contributed by atoms with Crippen molar-refractivity contribution in [2.24, 2.45) is 0 Å². The zero-order chi connectivity index (χ0) is 12.5. The Kier molecular flexibility index (Phi) is 7.88. The van der Waals surface area contributed by atoms with Crippen LogP contribution in [0, 0.1) is 0 Å². The van der Waals surface area contributed by atoms with E-state index in [0.29, 0.717) is 20.0 Å². The van der Waals surface area contributed by atoms with E-state index in [4.69, 9.17) is 14.2 Å². The van der Waals surface area contributed by atoms with Crippen molar-refractivity contribution in [3.63, 3.8) is 0 Å². The second kappa shape index (κ2) is 8.94. The summed E-state index contributed by atoms with van der Waals surface area (Å²) in [5, 5.41) is 2.11. The average Bonchev–Trinajstić information content (AvgIpc) is 2.82. The molecule has 1 aromatic rings. The van der Waals surface area contributed by atoms with Gasteiger partial charge in [0.1, 0.15) is 6.79 Å². The normalized spacial score (nSPS) is 12.9. The fourth-order valence-electron chi connectivity index (χ4n) is 1.47. The van der Waals surface area contributed by atoms with Gasteiger partial charge in [0.15, 0.2) is 0 Å². The number of hydrogen-bond donors (Lipinski definition) is 0. The summed E-state index contributed by atoms with van der Waals surface area (Å²) in [6.45, 7) is 3.63. The smallest absolute Gasteiger partial charge is 0.147 e. The average molecular weight is 276 g/mol. The van der Waals surface area contributed by atoms with E-state index < -0.39 is 0 Å². The van der Waals surface area contributed by atoms with Crippen LogP contribution in [0.15, 0.2) is 15.7 Å². The summed E-state index contributed by atoms with van der Waals surface area (Å²) < 4.78 is 17.3. The molecule has 0 N–H and O–H groups in total. The van der Waals surface area contributed by atoms with Crippen LogP contribution in [0.2, 0.25) is 0 Å². The van der Waals surface area contributed by atoms with Crippen molar-refractivity contribution in [1.82, 2.24) is 0 Å². The van der Waals surface area contributed by atoms with E-state index in [1.807, 2.05) is 0 Å². The molecular weight excluding hydrogens is 256 g/mol. The van der Waals surface area contributed by atoms with Gasteiger partial charge < -0.3 is 14.2 Å². The fourth-order valence-corrected chi connectivity index (χ4v) is 3.13. The van der Waals surface area contributed by atoms with Crippen LogP contribution in [0.25, 0.3) is 0 Å². The van der Waals surface area contributed by atoms with Crippen molar-refractivity contribution in [2.75, 3.05) is 33.4 Å². The molecule has 0 aliphatic rings. The molecule has 0 fully saturated rings. The van der Waals surface area contributed by atoms with E-state index in [1.54, 1.807) is 30.2 Å². The van der Waals surface area contributed by atoms with Gasteiger partial charge in [0.25, 0.3) is 0 Å². The van der Waals surface area contributed by atoms with Gasteiger partial charge in [0.05, 0.1) is 23.5 Å². The minimum absolute atomic E-state index is 0.131. The van der Waals surface area contributed by atoms with Crippen LogP contribution in [-0.4, -0.2) is 33.4 Å². The Morgan fingerprint density at radius 2 is 2.24 bits per heavy atom. The Morgan fingerprint density at radius 1 is 1.41 bits per heavy atom. The molecule has 1 heterocycles. The van der Waals surface area contributed by atoms with Gasteiger partial charge in [-0.2, -0.15) is 0 Å². The van der Waals surface area contributed by atoms with Crippen LogP contribution in [0.4, 0.5) is 0 Å². The van der Waals surface area contributed by atoms with Gasteiger partial charge in [0, 0.05) is 12.7 Å². The van der Waals surface area contributed by atoms with Crippen LogP contribution in [0.3, 0.4) is 0 Å². The van der Waals surface area contributed by atoms with Crippen LogP contribution in [0.1, 0.15) is 25.0 Å². The first-order valence-corrected chi connectivity index (χ1v) is 7.73. The summed E-state index contributed by atoms with van der Waals surface area (Å²) in [4.78, 5) is 0. The zero-order valence-electron chi connectivity index (χ0n) is 10.6. The maximum absolute atomic E-state index is 5.74. The summed E-state index contributed by atoms with van der Waals surface area (Å²) >= 11 is 3.53. The van der Waals surface area contributed by atoms with Gasteiger partial charge in [-0.05, 0) is 24.1 Å². The van der Waals surface area contributed by atoms with Gasteiger partial charge >= 0.3 is 0 Å². The lowest BCUT2D eigenvalue weighted by molar-refractivity contribution is -0.100. The molecule has 0 aromatic carbocycles. The first-order chi connectivity index (χ1) is 8.33. The van der Waals surface area contributed by atoms with Gasteiger partial charge in [-0.3, -0.25) is 0 Å². The number of methoxy groups -OCH3 is 1. The summed E-state index contributed by atoms with van der Waals surface area (Å²) in [5.74, 6) is 0. The van der Waals surface area contributed by atoms with E-state index in [9.17, 15) is 0 Å². The molecule has 1 rings (SSSR count). The second-order valence-electron chi connectivity index (χ2n) is 3.45. The van der Waals surface area contributed by atoms with E-state index in [2.05, 4.69) is 24.6 Å². The number of rotatable bonds is 9. The molecule has 5 heteroatoms. The van der Waals surface area contributed by atoms with Crippen molar-refractivity contribution in [1.29, 1.82) is 0 Å². The Bertz CT molecular complexity index is 302. The number of hydrogen-bond acceptors (Lipinski definition) is 5. The summed E-state index contributed by atoms with van der Waals surface area (Å²) in [5.41, 5.74) is 1.28. The molecular formula is C12H20O3S2. The van der Waals surface area contributed by atoms with E-state index >= 15 is 0 Å². The predicted molar refractivity (Wildman–Crippen MR) is 72.9 cm³/mol. The molecule has 98 valence electrons. The van der Waals surface area contributed by atoms with E-state index in [0.717, 1.165) is 6.42 Å². The summed E-state index contributed by atoms with van der Waals surface area (Å²) in [6.07, 6.45) is 3.18. The maximum atomic E-state index is 5.74. The monoisotopic (exact) mass is 276 g/mol. The molecule has 0 aliphatic carbocycles. The Labute approximate surface area is 111 Å². The van der Waals surface area contributed by atoms with Crippen LogP contribution < -0.4 is 0 Å². The SMILES string of the molecule is CCC(OCOCCOC)c1ccsc1SC. The van der Waals surface area contributed by atoms with Gasteiger partial charge in [-0.15, -0.1) is 23.1 Å². The predicted octanol–water partition coefficient (Wildman–Crippen LogP) is 3.56. The van der Waals surface area contributed by atoms with Gasteiger partial charge in [0.2, 0.25) is 0 Å². The highest BCUT2D eigenvalue weighted by molar-refractivity contribution is 8.00. The molecule has 1 atom stereocenters. The molecule has 0 saturated carbocycles. The zero-order valence-corrected chi connectivity index (χ0v) is 12.2. The minimum atomic E-state index is 0.131. The van der Waals surface area contributed by atoms with Crippen molar-refractivity contribution < 1.29 is 14.2 Å². The van der Waals surface area contributed by atoms with Crippen LogP contribution in [0.5, 0.6) is 0 Å². The molecule has 1 unspecified atom stereocenters. The Balaban J connectivity index is 2.38. The van der Waals surface area contributed by atoms with Gasteiger partial charge in [-0.1, -0.05) is 6.92 Å². The molecule has 0 saturated heterocycles. The lowest BCUT2D eigenvalue weighted by Gasteiger charge is -2.16. The standard InChI is InChI=1S/C12H20O3S2/c1-4-11(15-9-14-7-6-13-2)10-5-8-17-12(10)16-3/h5,8,11H,4,6-7,9H2,1-3H3. The number of thioether (sulfide) groups is 1. The maximum Gasteiger partial charge on any atom is 0.147 e. The van der Waals surface area contributed by atoms with E-state index in [-0.39, 0.29) is 6.10 Å². The third-order valence-corrected chi connectivity index (χ3v) is 4.46. The molecule has 0 spiro atoms. The lowest BCUT2D eigenvalue weighted by Crippen LogP contribution is -2.09. The number of thiophene rings is 1. The quantitative estimate of drug-likeness (QED) is 0.391. The topological polar surface area (TPSA) is 27.7 Å². The van der Waals surface area contributed by atoms with Crippen molar-refractivity contribution in [2.45, 2.75) is 23.7 Å². The van der Waals surface area contributed by atoms with Gasteiger partial charge in [-0.25, -0.2) is 0 Å². The molecule has 17 heavy (non-hydrogen) atoms. The third-order valence-electron chi connectivity index (χ3n) is 2.35. The lowest BCUT2D eigenvalue weighted by atomic mass is 10.1. The van der Waals surface area contributed by atoms with Crippen LogP contribution in [-0.2, 0) is 14.2 Å². The summed E-state index contributed by atoms with van der Waals surface area (Å²) in [6, 6.07) is 2.14. The van der Waals surface area contributed by atoms with Crippen LogP contribution >= 0.6 is 23.1 Å². The van der Waals surface area contributed by atoms with E-state index in [1.165, 1.54) is 9.77 Å². The molecule has 0 radical (unpaired) electrons. The number of ether oxygens (including phenoxy) is 3. The fraction of sp³-hybridized carbons (Fsp3) is 0.667. The van der Waals surface area contributed by atoms with Crippen molar-refractivity contribution >= 4 is 23.1 Å². The highest BCUT2D eigenvalue weighted by atomic mass is 32.2. The highest BCUT2D eigenvalue weighted by Gasteiger charge is 2.14. The largest absolute Gasteiger partial charge is 0.382 e. The minimum Gasteiger partial charge on any atom is -0.382 e. The summed E-state index contributed by atoms with van der Waals surface area (Å²) in [7, 11) is 1.66.